The van der Waals surface area contributed by atoms with E-state index < -0.39 is 29.1 Å². The van der Waals surface area contributed by atoms with Gasteiger partial charge in [0, 0.05) is 22.3 Å². The summed E-state index contributed by atoms with van der Waals surface area (Å²) in [4.78, 5) is 27.5. The Kier molecular flexibility index (Phi) is 8.06. The predicted octanol–water partition coefficient (Wildman–Crippen LogP) is 8.91. The Morgan fingerprint density at radius 2 is 0.925 bits per heavy atom. The molecule has 0 saturated carbocycles. The molecule has 0 unspecified atom stereocenters. The number of rotatable bonds is 7. The minimum atomic E-state index is -1.48. The maximum atomic E-state index is 14.0. The number of esters is 2. The van der Waals surface area contributed by atoms with Crippen molar-refractivity contribution >= 4 is 11.9 Å². The van der Waals surface area contributed by atoms with E-state index in [-0.39, 0.29) is 45.6 Å². The van der Waals surface area contributed by atoms with Crippen molar-refractivity contribution in [3.63, 3.8) is 0 Å². The number of carbonyl (C=O) groups excluding carboxylic acids is 2. The molecule has 0 radical (unpaired) electrons. The molecule has 9 nitrogen and oxygen atoms in total. The Morgan fingerprint density at radius 3 is 1.36 bits per heavy atom. The topological polar surface area (TPSA) is 110 Å². The Hall–Kier alpha value is -6.74. The maximum Gasteiger partial charge on any atom is 0.343 e. The van der Waals surface area contributed by atoms with Gasteiger partial charge in [-0.05, 0) is 45.0 Å². The number of carbonyl (C=O) groups is 2. The summed E-state index contributed by atoms with van der Waals surface area (Å²) in [6.45, 7) is 5.26. The van der Waals surface area contributed by atoms with Crippen LogP contribution < -0.4 is 23.7 Å². The van der Waals surface area contributed by atoms with Crippen LogP contribution in [0.2, 0.25) is 0 Å². The van der Waals surface area contributed by atoms with Crippen LogP contribution in [0.1, 0.15) is 63.7 Å². The molecule has 0 aromatic heterocycles. The monoisotopic (exact) mass is 706 g/mol. The van der Waals surface area contributed by atoms with E-state index in [2.05, 4.69) is 0 Å². The van der Waals surface area contributed by atoms with E-state index in [1.54, 1.807) is 20.8 Å². The number of fused-ring (bicyclic) bond motifs is 2. The number of benzene rings is 6. The standard InChI is InChI=1S/C44H34O9/c1-42(2,3)53-41(47)29-25-35(39-37(27-29)50-44(52-39,32-20-12-6-13-21-32)33-22-14-7-15-23-33)48-40(46)28-24-34(45)38-36(26-28)49-43(51-38,30-16-8-4-9-17-30)31-18-10-5-11-19-31/h4-27,45H,1-3H3. The van der Waals surface area contributed by atoms with E-state index in [4.69, 9.17) is 28.4 Å². The lowest BCUT2D eigenvalue weighted by Gasteiger charge is -2.28. The van der Waals surface area contributed by atoms with E-state index in [0.717, 1.165) is 0 Å². The molecule has 0 amide bonds. The van der Waals surface area contributed by atoms with Crippen molar-refractivity contribution in [1.29, 1.82) is 0 Å². The Morgan fingerprint density at radius 1 is 0.528 bits per heavy atom. The van der Waals surface area contributed by atoms with Gasteiger partial charge in [0.1, 0.15) is 5.60 Å². The lowest BCUT2D eigenvalue weighted by Crippen LogP contribution is -2.36. The van der Waals surface area contributed by atoms with Crippen molar-refractivity contribution in [2.75, 3.05) is 0 Å². The second kappa shape index (κ2) is 12.8. The number of ether oxygens (including phenoxy) is 6. The highest BCUT2D eigenvalue weighted by molar-refractivity contribution is 5.95. The van der Waals surface area contributed by atoms with Crippen LogP contribution in [0.3, 0.4) is 0 Å². The van der Waals surface area contributed by atoms with Gasteiger partial charge in [-0.15, -0.1) is 0 Å². The summed E-state index contributed by atoms with van der Waals surface area (Å²) >= 11 is 0. The third-order valence-electron chi connectivity index (χ3n) is 8.74. The van der Waals surface area contributed by atoms with E-state index in [0.29, 0.717) is 22.3 Å². The molecule has 264 valence electrons. The summed E-state index contributed by atoms with van der Waals surface area (Å²) < 4.78 is 37.8. The highest BCUT2D eigenvalue weighted by atomic mass is 16.7. The largest absolute Gasteiger partial charge is 0.504 e. The molecule has 0 aliphatic carbocycles. The minimum absolute atomic E-state index is 0.0468. The van der Waals surface area contributed by atoms with Crippen LogP contribution >= 0.6 is 0 Å². The third-order valence-corrected chi connectivity index (χ3v) is 8.74. The van der Waals surface area contributed by atoms with Crippen LogP contribution in [-0.2, 0) is 16.3 Å². The van der Waals surface area contributed by atoms with Gasteiger partial charge in [-0.2, -0.15) is 0 Å². The molecule has 6 aromatic rings. The van der Waals surface area contributed by atoms with Gasteiger partial charge in [-0.1, -0.05) is 121 Å². The normalized spacial score (nSPS) is 14.7. The van der Waals surface area contributed by atoms with Gasteiger partial charge in [0.15, 0.2) is 23.0 Å². The van der Waals surface area contributed by atoms with Crippen molar-refractivity contribution in [3.8, 4) is 34.5 Å². The SMILES string of the molecule is CC(C)(C)OC(=O)c1cc(OC(=O)c2cc(O)c3c(c2)OC(c2ccccc2)(c2ccccc2)O3)c2c(c1)OC(c1ccccc1)(c1ccccc1)O2. The van der Waals surface area contributed by atoms with Gasteiger partial charge in [0.25, 0.3) is 0 Å². The van der Waals surface area contributed by atoms with Crippen molar-refractivity contribution < 1.29 is 43.1 Å². The Bertz CT molecular complexity index is 2240. The zero-order valence-corrected chi connectivity index (χ0v) is 29.1. The molecule has 9 heteroatoms. The summed E-state index contributed by atoms with van der Waals surface area (Å²) in [7, 11) is 0. The van der Waals surface area contributed by atoms with Crippen LogP contribution in [0.4, 0.5) is 0 Å². The van der Waals surface area contributed by atoms with Crippen molar-refractivity contribution in [2.24, 2.45) is 0 Å². The second-order valence-corrected chi connectivity index (χ2v) is 13.6. The Labute approximate surface area is 305 Å². The highest BCUT2D eigenvalue weighted by Crippen LogP contribution is 2.54. The van der Waals surface area contributed by atoms with Crippen LogP contribution in [0.25, 0.3) is 0 Å². The first-order chi connectivity index (χ1) is 25.5. The first kappa shape index (κ1) is 33.4. The highest BCUT2D eigenvalue weighted by Gasteiger charge is 2.49. The fourth-order valence-electron chi connectivity index (χ4n) is 6.40. The molecule has 2 heterocycles. The smallest absolute Gasteiger partial charge is 0.343 e. The Balaban J connectivity index is 1.18. The summed E-state index contributed by atoms with van der Waals surface area (Å²) in [5.74, 6) is -4.42. The van der Waals surface area contributed by atoms with Gasteiger partial charge >= 0.3 is 23.5 Å². The molecule has 0 spiro atoms. The van der Waals surface area contributed by atoms with Crippen LogP contribution in [-0.4, -0.2) is 22.6 Å². The number of hydrogen-bond donors (Lipinski definition) is 1. The second-order valence-electron chi connectivity index (χ2n) is 13.6. The van der Waals surface area contributed by atoms with E-state index in [1.807, 2.05) is 121 Å². The van der Waals surface area contributed by atoms with E-state index in [9.17, 15) is 14.7 Å². The molecular weight excluding hydrogens is 672 g/mol. The quantitative estimate of drug-likeness (QED) is 0.129. The molecule has 0 saturated heterocycles. The van der Waals surface area contributed by atoms with Gasteiger partial charge in [0.2, 0.25) is 11.5 Å². The van der Waals surface area contributed by atoms with Crippen molar-refractivity contribution in [2.45, 2.75) is 37.9 Å². The van der Waals surface area contributed by atoms with Gasteiger partial charge in [-0.3, -0.25) is 0 Å². The van der Waals surface area contributed by atoms with Gasteiger partial charge in [-0.25, -0.2) is 9.59 Å². The first-order valence-electron chi connectivity index (χ1n) is 17.0. The first-order valence-corrected chi connectivity index (χ1v) is 17.0. The fourth-order valence-corrected chi connectivity index (χ4v) is 6.40. The molecule has 0 fully saturated rings. The number of phenols is 1. The lowest BCUT2D eigenvalue weighted by molar-refractivity contribution is -0.0469. The molecule has 1 N–H and O–H groups in total. The van der Waals surface area contributed by atoms with Crippen molar-refractivity contribution in [1.82, 2.24) is 0 Å². The van der Waals surface area contributed by atoms with E-state index >= 15 is 0 Å². The average molecular weight is 707 g/mol. The summed E-state index contributed by atoms with van der Waals surface area (Å²) in [5.41, 5.74) is 1.91. The fraction of sp³-hybridized carbons (Fsp3) is 0.136. The van der Waals surface area contributed by atoms with Crippen LogP contribution in [0.15, 0.2) is 146 Å². The predicted molar refractivity (Wildman–Crippen MR) is 195 cm³/mol. The lowest BCUT2D eigenvalue weighted by atomic mass is 9.97. The number of phenolic OH excluding ortho intramolecular Hbond substituents is 1. The third kappa shape index (κ3) is 6.06. The molecule has 2 aliphatic heterocycles. The molecule has 0 bridgehead atoms. The molecule has 53 heavy (non-hydrogen) atoms. The minimum Gasteiger partial charge on any atom is -0.504 e. The molecule has 2 aliphatic rings. The summed E-state index contributed by atoms with van der Waals surface area (Å²) in [6, 6.07) is 42.8. The summed E-state index contributed by atoms with van der Waals surface area (Å²) in [5, 5.41) is 11.2. The molecule has 8 rings (SSSR count). The molecular formula is C44H34O9. The number of hydrogen-bond acceptors (Lipinski definition) is 9. The van der Waals surface area contributed by atoms with Gasteiger partial charge in [0.05, 0.1) is 11.1 Å². The molecule has 0 atom stereocenters. The van der Waals surface area contributed by atoms with Gasteiger partial charge < -0.3 is 33.5 Å². The molecule has 6 aromatic carbocycles. The zero-order valence-electron chi connectivity index (χ0n) is 29.1. The summed E-state index contributed by atoms with van der Waals surface area (Å²) in [6.07, 6.45) is 0. The average Bonchev–Trinajstić information content (AvgIpc) is 3.77. The van der Waals surface area contributed by atoms with Crippen LogP contribution in [0.5, 0.6) is 34.5 Å². The van der Waals surface area contributed by atoms with Crippen molar-refractivity contribution in [3.05, 3.63) is 179 Å². The van der Waals surface area contributed by atoms with Crippen LogP contribution in [0, 0.1) is 0 Å². The zero-order chi connectivity index (χ0) is 36.8. The number of aromatic hydroxyl groups is 1. The maximum absolute atomic E-state index is 14.0. The van der Waals surface area contributed by atoms with E-state index in [1.165, 1.54) is 24.3 Å².